The molecule has 0 atom stereocenters. The van der Waals surface area contributed by atoms with Gasteiger partial charge in [-0.25, -0.2) is 9.38 Å². The van der Waals surface area contributed by atoms with Crippen LogP contribution >= 0.6 is 0 Å². The van der Waals surface area contributed by atoms with E-state index in [0.29, 0.717) is 19.7 Å². The highest BCUT2D eigenvalue weighted by Gasteiger charge is 2.08. The first-order chi connectivity index (χ1) is 13.1. The standard InChI is InChI=1S/C21H28FN3O2/c1-4-23-21(24-13-17-8-11-20(22)18(12-17)15-26)25(3)14-16-6-9-19(10-7-16)27-5-2/h6-12,26H,4-5,13-15H2,1-3H3,(H,23,24). The van der Waals surface area contributed by atoms with E-state index >= 15 is 0 Å². The molecule has 0 aromatic heterocycles. The quantitative estimate of drug-likeness (QED) is 0.551. The number of guanidine groups is 1. The molecule has 146 valence electrons. The van der Waals surface area contributed by atoms with Gasteiger partial charge in [0.25, 0.3) is 0 Å². The van der Waals surface area contributed by atoms with Gasteiger partial charge < -0.3 is 20.1 Å². The zero-order valence-electron chi connectivity index (χ0n) is 16.2. The summed E-state index contributed by atoms with van der Waals surface area (Å²) in [4.78, 5) is 6.67. The molecule has 2 rings (SSSR count). The van der Waals surface area contributed by atoms with E-state index in [-0.39, 0.29) is 12.2 Å². The van der Waals surface area contributed by atoms with E-state index < -0.39 is 5.82 Å². The molecule has 0 aliphatic carbocycles. The summed E-state index contributed by atoms with van der Waals surface area (Å²) in [7, 11) is 1.97. The van der Waals surface area contributed by atoms with Crippen molar-refractivity contribution in [3.05, 3.63) is 65.0 Å². The van der Waals surface area contributed by atoms with E-state index in [1.807, 2.05) is 50.1 Å². The van der Waals surface area contributed by atoms with Crippen molar-refractivity contribution in [1.29, 1.82) is 0 Å². The second kappa shape index (κ2) is 10.5. The molecule has 0 aliphatic rings. The first-order valence-corrected chi connectivity index (χ1v) is 9.16. The number of aliphatic hydroxyl groups excluding tert-OH is 1. The van der Waals surface area contributed by atoms with Crippen molar-refractivity contribution in [2.75, 3.05) is 20.2 Å². The lowest BCUT2D eigenvalue weighted by atomic mass is 10.1. The van der Waals surface area contributed by atoms with Crippen LogP contribution in [0.15, 0.2) is 47.5 Å². The molecule has 2 aromatic rings. The van der Waals surface area contributed by atoms with Crippen molar-refractivity contribution in [2.45, 2.75) is 33.5 Å². The van der Waals surface area contributed by atoms with Crippen LogP contribution in [0.1, 0.15) is 30.5 Å². The number of halogens is 1. The normalized spacial score (nSPS) is 11.4. The van der Waals surface area contributed by atoms with E-state index in [9.17, 15) is 9.50 Å². The fourth-order valence-corrected chi connectivity index (χ4v) is 2.69. The Morgan fingerprint density at radius 1 is 1.15 bits per heavy atom. The van der Waals surface area contributed by atoms with Gasteiger partial charge in [0, 0.05) is 25.7 Å². The van der Waals surface area contributed by atoms with Crippen LogP contribution < -0.4 is 10.1 Å². The fraction of sp³-hybridized carbons (Fsp3) is 0.381. The molecule has 0 saturated carbocycles. The minimum absolute atomic E-state index is 0.287. The van der Waals surface area contributed by atoms with E-state index in [4.69, 9.17) is 4.74 Å². The first-order valence-electron chi connectivity index (χ1n) is 9.16. The lowest BCUT2D eigenvalue weighted by Gasteiger charge is -2.22. The Morgan fingerprint density at radius 3 is 2.48 bits per heavy atom. The van der Waals surface area contributed by atoms with Crippen LogP contribution in [0.4, 0.5) is 4.39 Å². The molecule has 0 fully saturated rings. The predicted octanol–water partition coefficient (Wildman–Crippen LogP) is 3.31. The number of nitrogens with zero attached hydrogens (tertiary/aromatic N) is 2. The van der Waals surface area contributed by atoms with Crippen LogP contribution in [0.5, 0.6) is 5.75 Å². The smallest absolute Gasteiger partial charge is 0.194 e. The Hall–Kier alpha value is -2.60. The van der Waals surface area contributed by atoms with Gasteiger partial charge in [0.2, 0.25) is 0 Å². The largest absolute Gasteiger partial charge is 0.494 e. The van der Waals surface area contributed by atoms with Crippen LogP contribution in [-0.4, -0.2) is 36.2 Å². The van der Waals surface area contributed by atoms with Crippen LogP contribution in [0.2, 0.25) is 0 Å². The van der Waals surface area contributed by atoms with E-state index in [0.717, 1.165) is 29.4 Å². The summed E-state index contributed by atoms with van der Waals surface area (Å²) >= 11 is 0. The highest BCUT2D eigenvalue weighted by atomic mass is 19.1. The number of benzene rings is 2. The number of ether oxygens (including phenoxy) is 1. The van der Waals surface area contributed by atoms with Crippen molar-refractivity contribution in [3.63, 3.8) is 0 Å². The number of hydrogen-bond acceptors (Lipinski definition) is 3. The highest BCUT2D eigenvalue weighted by Crippen LogP contribution is 2.14. The maximum Gasteiger partial charge on any atom is 0.194 e. The van der Waals surface area contributed by atoms with Crippen molar-refractivity contribution in [1.82, 2.24) is 10.2 Å². The van der Waals surface area contributed by atoms with Gasteiger partial charge in [-0.1, -0.05) is 18.2 Å². The number of aliphatic imine (C=N–C) groups is 1. The van der Waals surface area contributed by atoms with Gasteiger partial charge in [0.05, 0.1) is 19.8 Å². The summed E-state index contributed by atoms with van der Waals surface area (Å²) in [6.45, 7) is 6.16. The van der Waals surface area contributed by atoms with E-state index in [1.54, 1.807) is 12.1 Å². The zero-order chi connectivity index (χ0) is 19.6. The van der Waals surface area contributed by atoms with Gasteiger partial charge in [-0.05, 0) is 49.2 Å². The number of aliphatic hydroxyl groups is 1. The van der Waals surface area contributed by atoms with Crippen molar-refractivity contribution in [2.24, 2.45) is 4.99 Å². The number of nitrogens with one attached hydrogen (secondary N) is 1. The molecular weight excluding hydrogens is 345 g/mol. The second-order valence-electron chi connectivity index (χ2n) is 6.19. The lowest BCUT2D eigenvalue weighted by Crippen LogP contribution is -2.38. The molecule has 0 spiro atoms. The molecule has 0 unspecified atom stereocenters. The Labute approximate surface area is 160 Å². The van der Waals surface area contributed by atoms with Gasteiger partial charge >= 0.3 is 0 Å². The van der Waals surface area contributed by atoms with Gasteiger partial charge in [-0.3, -0.25) is 0 Å². The Morgan fingerprint density at radius 2 is 1.85 bits per heavy atom. The third-order valence-corrected chi connectivity index (χ3v) is 4.04. The minimum atomic E-state index is -0.398. The first kappa shape index (κ1) is 20.7. The SMILES string of the molecule is CCNC(=NCc1ccc(F)c(CO)c1)N(C)Cc1ccc(OCC)cc1. The zero-order valence-corrected chi connectivity index (χ0v) is 16.2. The topological polar surface area (TPSA) is 57.1 Å². The fourth-order valence-electron chi connectivity index (χ4n) is 2.69. The molecule has 2 aromatic carbocycles. The molecule has 6 heteroatoms. The van der Waals surface area contributed by atoms with Crippen molar-refractivity contribution < 1.29 is 14.2 Å². The molecule has 0 bridgehead atoms. The van der Waals surface area contributed by atoms with Gasteiger partial charge in [-0.15, -0.1) is 0 Å². The Kier molecular flexibility index (Phi) is 8.07. The summed E-state index contributed by atoms with van der Waals surface area (Å²) in [5.74, 6) is 1.23. The molecule has 0 amide bonds. The number of rotatable bonds is 8. The Bertz CT molecular complexity index is 748. The average molecular weight is 373 g/mol. The van der Waals surface area contributed by atoms with Crippen LogP contribution in [0.25, 0.3) is 0 Å². The maximum atomic E-state index is 13.5. The maximum absolute atomic E-state index is 13.5. The van der Waals surface area contributed by atoms with Crippen molar-refractivity contribution >= 4 is 5.96 Å². The molecule has 27 heavy (non-hydrogen) atoms. The molecule has 0 heterocycles. The lowest BCUT2D eigenvalue weighted by molar-refractivity contribution is 0.275. The molecule has 0 radical (unpaired) electrons. The molecule has 0 saturated heterocycles. The molecule has 2 N–H and O–H groups in total. The van der Waals surface area contributed by atoms with Gasteiger partial charge in [0.1, 0.15) is 11.6 Å². The highest BCUT2D eigenvalue weighted by molar-refractivity contribution is 5.79. The number of hydrogen-bond donors (Lipinski definition) is 2. The minimum Gasteiger partial charge on any atom is -0.494 e. The third-order valence-electron chi connectivity index (χ3n) is 4.04. The summed E-state index contributed by atoms with van der Waals surface area (Å²) in [6.07, 6.45) is 0. The predicted molar refractivity (Wildman–Crippen MR) is 106 cm³/mol. The summed E-state index contributed by atoms with van der Waals surface area (Å²) in [6, 6.07) is 12.7. The monoisotopic (exact) mass is 373 g/mol. The second-order valence-corrected chi connectivity index (χ2v) is 6.19. The van der Waals surface area contributed by atoms with Gasteiger partial charge in [0.15, 0.2) is 5.96 Å². The molecule has 0 aliphatic heterocycles. The summed E-state index contributed by atoms with van der Waals surface area (Å²) in [5, 5.41) is 12.5. The molecular formula is C21H28FN3O2. The van der Waals surface area contributed by atoms with Gasteiger partial charge in [-0.2, -0.15) is 0 Å². The third kappa shape index (κ3) is 6.25. The van der Waals surface area contributed by atoms with Crippen LogP contribution in [-0.2, 0) is 19.7 Å². The average Bonchev–Trinajstić information content (AvgIpc) is 2.67. The molecule has 5 nitrogen and oxygen atoms in total. The summed E-state index contributed by atoms with van der Waals surface area (Å²) < 4.78 is 19.0. The van der Waals surface area contributed by atoms with E-state index in [1.165, 1.54) is 6.07 Å². The summed E-state index contributed by atoms with van der Waals surface area (Å²) in [5.41, 5.74) is 2.29. The Balaban J connectivity index is 2.06. The van der Waals surface area contributed by atoms with E-state index in [2.05, 4.69) is 10.3 Å². The van der Waals surface area contributed by atoms with Crippen molar-refractivity contribution in [3.8, 4) is 5.75 Å². The van der Waals surface area contributed by atoms with Crippen LogP contribution in [0.3, 0.4) is 0 Å². The van der Waals surface area contributed by atoms with Crippen LogP contribution in [0, 0.1) is 5.82 Å².